The van der Waals surface area contributed by atoms with Crippen LogP contribution >= 0.6 is 15.9 Å². The molecular weight excluding hydrogens is 366 g/mol. The summed E-state index contributed by atoms with van der Waals surface area (Å²) in [7, 11) is 0. The van der Waals surface area contributed by atoms with Gasteiger partial charge in [-0.1, -0.05) is 55.5 Å². The number of aryl methyl sites for hydroxylation is 1. The van der Waals surface area contributed by atoms with Crippen molar-refractivity contribution in [2.45, 2.75) is 19.9 Å². The van der Waals surface area contributed by atoms with E-state index in [4.69, 9.17) is 0 Å². The van der Waals surface area contributed by atoms with Crippen LogP contribution in [0.2, 0.25) is 0 Å². The van der Waals surface area contributed by atoms with Gasteiger partial charge in [0.1, 0.15) is 4.47 Å². The molecule has 122 valence electrons. The summed E-state index contributed by atoms with van der Waals surface area (Å²) in [6.45, 7) is 2.73. The minimum Gasteiger partial charge on any atom is -0.325 e. The lowest BCUT2D eigenvalue weighted by Crippen LogP contribution is -2.18. The van der Waals surface area contributed by atoms with Crippen molar-refractivity contribution >= 4 is 27.6 Å². The van der Waals surface area contributed by atoms with Crippen LogP contribution in [0.1, 0.15) is 18.1 Å². The van der Waals surface area contributed by atoms with E-state index in [9.17, 15) is 4.79 Å². The molecule has 0 atom stereocenters. The smallest absolute Gasteiger partial charge is 0.288 e. The molecule has 4 nitrogen and oxygen atoms in total. The second-order valence-electron chi connectivity index (χ2n) is 5.47. The average Bonchev–Trinajstić information content (AvgIpc) is 2.60. The Hall–Kier alpha value is -2.40. The Labute approximate surface area is 149 Å². The lowest BCUT2D eigenvalue weighted by Gasteiger charge is -2.16. The highest BCUT2D eigenvalue weighted by Crippen LogP contribution is 2.21. The van der Waals surface area contributed by atoms with Crippen LogP contribution in [0.4, 0.5) is 11.6 Å². The van der Waals surface area contributed by atoms with Crippen molar-refractivity contribution in [2.24, 2.45) is 0 Å². The number of benzene rings is 2. The van der Waals surface area contributed by atoms with Gasteiger partial charge < -0.3 is 9.88 Å². The van der Waals surface area contributed by atoms with Crippen molar-refractivity contribution in [3.63, 3.8) is 0 Å². The van der Waals surface area contributed by atoms with Gasteiger partial charge in [-0.3, -0.25) is 4.79 Å². The van der Waals surface area contributed by atoms with Gasteiger partial charge in [0.2, 0.25) is 5.95 Å². The maximum absolute atomic E-state index is 12.0. The number of rotatable bonds is 5. The van der Waals surface area contributed by atoms with Gasteiger partial charge in [-0.25, -0.2) is 0 Å². The molecule has 1 aromatic heterocycles. The molecule has 0 saturated carbocycles. The Morgan fingerprint density at radius 1 is 1.08 bits per heavy atom. The van der Waals surface area contributed by atoms with Gasteiger partial charge >= 0.3 is 0 Å². The lowest BCUT2D eigenvalue weighted by molar-refractivity contribution is 0.768. The predicted octanol–water partition coefficient (Wildman–Crippen LogP) is 4.36. The van der Waals surface area contributed by atoms with Crippen LogP contribution in [0, 0.1) is 0 Å². The highest BCUT2D eigenvalue weighted by molar-refractivity contribution is 9.10. The highest BCUT2D eigenvalue weighted by atomic mass is 79.9. The molecule has 1 N–H and O–H groups in total. The standard InChI is InChI=1S/C19H18BrN3O/c1-2-15-10-6-7-11-17(15)21-19-22-18(24)16(20)13-23(19)12-14-8-4-3-5-9-14/h3-11,13H,2,12H2,1H3,(H,21,22,24). The topological polar surface area (TPSA) is 46.9 Å². The minimum atomic E-state index is -0.282. The van der Waals surface area contributed by atoms with Gasteiger partial charge in [0, 0.05) is 11.9 Å². The molecule has 0 aliphatic carbocycles. The number of aromatic nitrogens is 2. The monoisotopic (exact) mass is 383 g/mol. The van der Waals surface area contributed by atoms with Crippen molar-refractivity contribution < 1.29 is 0 Å². The summed E-state index contributed by atoms with van der Waals surface area (Å²) in [4.78, 5) is 16.2. The zero-order chi connectivity index (χ0) is 16.9. The third-order valence-electron chi connectivity index (χ3n) is 3.79. The van der Waals surface area contributed by atoms with E-state index in [1.54, 1.807) is 6.20 Å². The minimum absolute atomic E-state index is 0.282. The number of nitrogens with one attached hydrogen (secondary N) is 1. The number of halogens is 1. The van der Waals surface area contributed by atoms with E-state index in [2.05, 4.69) is 51.4 Å². The van der Waals surface area contributed by atoms with Crippen LogP contribution in [-0.4, -0.2) is 9.55 Å². The lowest BCUT2D eigenvalue weighted by atomic mass is 10.1. The molecule has 0 saturated heterocycles. The van der Waals surface area contributed by atoms with E-state index in [0.29, 0.717) is 17.0 Å². The summed E-state index contributed by atoms with van der Waals surface area (Å²) in [5.41, 5.74) is 3.01. The first-order chi connectivity index (χ1) is 11.7. The zero-order valence-corrected chi connectivity index (χ0v) is 15.0. The maximum Gasteiger partial charge on any atom is 0.288 e. The quantitative estimate of drug-likeness (QED) is 0.711. The Balaban J connectivity index is 2.00. The molecule has 0 spiro atoms. The van der Waals surface area contributed by atoms with Crippen LogP contribution < -0.4 is 10.9 Å². The summed E-state index contributed by atoms with van der Waals surface area (Å²) in [6.07, 6.45) is 2.68. The summed E-state index contributed by atoms with van der Waals surface area (Å²) >= 11 is 3.28. The molecule has 24 heavy (non-hydrogen) atoms. The SMILES string of the molecule is CCc1ccccc1Nc1nc(=O)c(Br)cn1Cc1ccccc1. The van der Waals surface area contributed by atoms with E-state index in [1.807, 2.05) is 41.0 Å². The fraction of sp³-hybridized carbons (Fsp3) is 0.158. The molecule has 0 unspecified atom stereocenters. The molecule has 2 aromatic carbocycles. The summed E-state index contributed by atoms with van der Waals surface area (Å²) in [5.74, 6) is 0.535. The van der Waals surface area contributed by atoms with Crippen molar-refractivity contribution in [1.82, 2.24) is 9.55 Å². The molecule has 0 fully saturated rings. The van der Waals surface area contributed by atoms with Crippen molar-refractivity contribution in [3.05, 3.63) is 86.7 Å². The number of para-hydroxylation sites is 1. The van der Waals surface area contributed by atoms with E-state index < -0.39 is 0 Å². The fourth-order valence-corrected chi connectivity index (χ4v) is 2.87. The fourth-order valence-electron chi connectivity index (χ4n) is 2.54. The van der Waals surface area contributed by atoms with Crippen molar-refractivity contribution in [2.75, 3.05) is 5.32 Å². The van der Waals surface area contributed by atoms with Gasteiger partial charge in [0.15, 0.2) is 0 Å². The second kappa shape index (κ2) is 7.45. The molecule has 3 rings (SSSR count). The third-order valence-corrected chi connectivity index (χ3v) is 4.34. The van der Waals surface area contributed by atoms with Crippen LogP contribution in [0.15, 0.2) is 70.1 Å². The molecule has 5 heteroatoms. The molecule has 0 amide bonds. The van der Waals surface area contributed by atoms with E-state index >= 15 is 0 Å². The van der Waals surface area contributed by atoms with Gasteiger partial charge in [0.05, 0.1) is 6.54 Å². The van der Waals surface area contributed by atoms with Crippen LogP contribution in [0.25, 0.3) is 0 Å². The third kappa shape index (κ3) is 3.74. The zero-order valence-electron chi connectivity index (χ0n) is 13.4. The highest BCUT2D eigenvalue weighted by Gasteiger charge is 2.09. The van der Waals surface area contributed by atoms with E-state index in [0.717, 1.165) is 17.7 Å². The first kappa shape index (κ1) is 16.5. The Bertz CT molecular complexity index is 891. The van der Waals surface area contributed by atoms with Gasteiger partial charge in [0.25, 0.3) is 5.56 Å². The van der Waals surface area contributed by atoms with Crippen LogP contribution in [0.3, 0.4) is 0 Å². The number of hydrogen-bond acceptors (Lipinski definition) is 3. The Morgan fingerprint density at radius 2 is 1.79 bits per heavy atom. The van der Waals surface area contributed by atoms with Gasteiger partial charge in [-0.05, 0) is 39.5 Å². The second-order valence-corrected chi connectivity index (χ2v) is 6.32. The number of anilines is 2. The largest absolute Gasteiger partial charge is 0.325 e. The van der Waals surface area contributed by atoms with E-state index in [1.165, 1.54) is 5.56 Å². The molecule has 0 aliphatic heterocycles. The Kier molecular flexibility index (Phi) is 5.11. The predicted molar refractivity (Wildman–Crippen MR) is 101 cm³/mol. The molecule has 0 radical (unpaired) electrons. The summed E-state index contributed by atoms with van der Waals surface area (Å²) < 4.78 is 2.39. The van der Waals surface area contributed by atoms with Gasteiger partial charge in [-0.15, -0.1) is 0 Å². The van der Waals surface area contributed by atoms with Crippen LogP contribution in [0.5, 0.6) is 0 Å². The summed E-state index contributed by atoms with van der Waals surface area (Å²) in [5, 5.41) is 3.31. The number of hydrogen-bond donors (Lipinski definition) is 1. The molecule has 1 heterocycles. The molecule has 3 aromatic rings. The number of nitrogens with zero attached hydrogens (tertiary/aromatic N) is 2. The van der Waals surface area contributed by atoms with Gasteiger partial charge in [-0.2, -0.15) is 4.98 Å². The molecule has 0 aliphatic rings. The van der Waals surface area contributed by atoms with Crippen molar-refractivity contribution in [1.29, 1.82) is 0 Å². The summed E-state index contributed by atoms with van der Waals surface area (Å²) in [6, 6.07) is 18.1. The van der Waals surface area contributed by atoms with Crippen LogP contribution in [-0.2, 0) is 13.0 Å². The average molecular weight is 384 g/mol. The van der Waals surface area contributed by atoms with E-state index in [-0.39, 0.29) is 5.56 Å². The van der Waals surface area contributed by atoms with Crippen molar-refractivity contribution in [3.8, 4) is 0 Å². The molecule has 0 bridgehead atoms. The first-order valence-corrected chi connectivity index (χ1v) is 8.62. The Morgan fingerprint density at radius 3 is 2.54 bits per heavy atom. The normalized spacial score (nSPS) is 10.6. The maximum atomic E-state index is 12.0. The molecular formula is C19H18BrN3O. The first-order valence-electron chi connectivity index (χ1n) is 7.83.